The number of carbonyl (C=O) groups is 1. The van der Waals surface area contributed by atoms with Gasteiger partial charge in [0.15, 0.2) is 4.90 Å². The number of nitrogens with one attached hydrogen (secondary N) is 1. The van der Waals surface area contributed by atoms with E-state index in [0.717, 1.165) is 23.8 Å². The summed E-state index contributed by atoms with van der Waals surface area (Å²) in [7, 11) is -4.53. The number of amides is 1. The first-order valence-electron chi connectivity index (χ1n) is 9.74. The molecule has 31 heavy (non-hydrogen) atoms. The molecule has 2 aliphatic rings. The van der Waals surface area contributed by atoms with E-state index in [1.807, 2.05) is 9.62 Å². The van der Waals surface area contributed by atoms with Gasteiger partial charge in [-0.2, -0.15) is 0 Å². The Hall–Kier alpha value is -2.70. The summed E-state index contributed by atoms with van der Waals surface area (Å²) in [6.45, 7) is 2.48. The normalized spacial score (nSPS) is 16.8. The molecule has 1 amide bonds. The summed E-state index contributed by atoms with van der Waals surface area (Å²) in [6.07, 6.45) is 2.28. The number of anilines is 1. The van der Waals surface area contributed by atoms with E-state index in [9.17, 15) is 22.0 Å². The van der Waals surface area contributed by atoms with Crippen LogP contribution >= 0.6 is 0 Å². The molecule has 1 fully saturated rings. The zero-order valence-electron chi connectivity index (χ0n) is 16.6. The van der Waals surface area contributed by atoms with Crippen LogP contribution in [0.3, 0.4) is 0 Å². The van der Waals surface area contributed by atoms with Gasteiger partial charge in [0.2, 0.25) is 21.9 Å². The first kappa shape index (κ1) is 21.5. The van der Waals surface area contributed by atoms with Gasteiger partial charge in [0.25, 0.3) is 0 Å². The third kappa shape index (κ3) is 4.65. The second kappa shape index (κ2) is 8.81. The number of sulfonamides is 1. The molecule has 1 saturated heterocycles. The van der Waals surface area contributed by atoms with E-state index in [-0.39, 0.29) is 6.54 Å². The Morgan fingerprint density at radius 3 is 2.58 bits per heavy atom. The van der Waals surface area contributed by atoms with Crippen LogP contribution in [-0.2, 0) is 32.5 Å². The van der Waals surface area contributed by atoms with E-state index in [4.69, 9.17) is 4.74 Å². The van der Waals surface area contributed by atoms with Gasteiger partial charge in [-0.1, -0.05) is 6.07 Å². The van der Waals surface area contributed by atoms with E-state index in [2.05, 4.69) is 9.97 Å². The minimum absolute atomic E-state index is 0.198. The zero-order valence-corrected chi connectivity index (χ0v) is 17.4. The first-order chi connectivity index (χ1) is 14.8. The van der Waals surface area contributed by atoms with Gasteiger partial charge in [-0.25, -0.2) is 31.9 Å². The van der Waals surface area contributed by atoms with Gasteiger partial charge in [0, 0.05) is 25.8 Å². The number of nitrogens with zero attached hydrogens (tertiary/aromatic N) is 4. The van der Waals surface area contributed by atoms with Crippen molar-refractivity contribution in [3.8, 4) is 0 Å². The number of fused-ring (bicyclic) bond motifs is 1. The third-order valence-electron chi connectivity index (χ3n) is 5.18. The van der Waals surface area contributed by atoms with Crippen molar-refractivity contribution in [1.82, 2.24) is 19.6 Å². The van der Waals surface area contributed by atoms with E-state index in [1.165, 1.54) is 4.90 Å². The van der Waals surface area contributed by atoms with Gasteiger partial charge in [-0.15, -0.1) is 0 Å². The molecule has 1 N–H and O–H groups in total. The van der Waals surface area contributed by atoms with Crippen molar-refractivity contribution in [2.45, 2.75) is 17.9 Å². The highest BCUT2D eigenvalue weighted by Gasteiger charge is 2.27. The highest BCUT2D eigenvalue weighted by atomic mass is 32.2. The maximum Gasteiger partial charge on any atom is 0.246 e. The summed E-state index contributed by atoms with van der Waals surface area (Å²) < 4.78 is 59.5. The summed E-state index contributed by atoms with van der Waals surface area (Å²) in [5, 5.41) is 0. The van der Waals surface area contributed by atoms with Crippen LogP contribution in [0.1, 0.15) is 11.3 Å². The van der Waals surface area contributed by atoms with Crippen molar-refractivity contribution in [3.05, 3.63) is 47.3 Å². The fraction of sp³-hybridized carbons (Fsp3) is 0.421. The van der Waals surface area contributed by atoms with Gasteiger partial charge in [-0.3, -0.25) is 4.79 Å². The Bertz CT molecular complexity index is 1070. The van der Waals surface area contributed by atoms with Crippen molar-refractivity contribution in [1.29, 1.82) is 0 Å². The number of morpholine rings is 1. The maximum atomic E-state index is 13.8. The molecule has 12 heteroatoms. The first-order valence-corrected chi connectivity index (χ1v) is 11.2. The van der Waals surface area contributed by atoms with Gasteiger partial charge in [0.05, 0.1) is 32.0 Å². The molecule has 0 aliphatic carbocycles. The molecule has 1 aromatic carbocycles. The molecule has 0 bridgehead atoms. The molecule has 0 radical (unpaired) electrons. The molecule has 0 unspecified atom stereocenters. The molecule has 2 aliphatic heterocycles. The molecular weight excluding hydrogens is 432 g/mol. The van der Waals surface area contributed by atoms with E-state index in [1.54, 1.807) is 6.20 Å². The Labute approximate surface area is 178 Å². The van der Waals surface area contributed by atoms with Crippen molar-refractivity contribution >= 4 is 21.9 Å². The number of aromatic nitrogens is 2. The fourth-order valence-electron chi connectivity index (χ4n) is 3.50. The lowest BCUT2D eigenvalue weighted by Crippen LogP contribution is -2.43. The molecule has 3 heterocycles. The second-order valence-electron chi connectivity index (χ2n) is 7.18. The largest absolute Gasteiger partial charge is 0.378 e. The van der Waals surface area contributed by atoms with Crippen LogP contribution in [-0.4, -0.2) is 68.6 Å². The van der Waals surface area contributed by atoms with Gasteiger partial charge >= 0.3 is 0 Å². The molecule has 4 rings (SSSR count). The van der Waals surface area contributed by atoms with E-state index < -0.39 is 39.0 Å². The van der Waals surface area contributed by atoms with Gasteiger partial charge in [-0.05, 0) is 24.1 Å². The van der Waals surface area contributed by atoms with Crippen LogP contribution in [0.25, 0.3) is 0 Å². The second-order valence-corrected chi connectivity index (χ2v) is 8.89. The average molecular weight is 453 g/mol. The van der Waals surface area contributed by atoms with Crippen molar-refractivity contribution in [2.24, 2.45) is 0 Å². The molecule has 9 nitrogen and oxygen atoms in total. The number of benzene rings is 1. The molecule has 0 spiro atoms. The lowest BCUT2D eigenvalue weighted by molar-refractivity contribution is -0.130. The Balaban J connectivity index is 1.43. The quantitative estimate of drug-likeness (QED) is 0.701. The number of halogens is 2. The standard InChI is InChI=1S/C19H21F2N5O4S/c20-14-2-1-3-15(21)18(14)31(28,29)23-11-17(27)26-5-4-13-10-22-19(24-16(13)12-26)25-6-8-30-9-7-25/h1-3,10,23H,4-9,11-12H2. The number of carbonyl (C=O) groups excluding carboxylic acids is 1. The average Bonchev–Trinajstić information content (AvgIpc) is 2.77. The van der Waals surface area contributed by atoms with Crippen LogP contribution < -0.4 is 9.62 Å². The van der Waals surface area contributed by atoms with Crippen LogP contribution in [0.15, 0.2) is 29.3 Å². The summed E-state index contributed by atoms with van der Waals surface area (Å²) in [5.41, 5.74) is 1.62. The predicted octanol–water partition coefficient (Wildman–Crippen LogP) is 0.455. The number of hydrogen-bond acceptors (Lipinski definition) is 7. The number of hydrogen-bond donors (Lipinski definition) is 1. The third-order valence-corrected chi connectivity index (χ3v) is 6.63. The topological polar surface area (TPSA) is 105 Å². The van der Waals surface area contributed by atoms with Crippen molar-refractivity contribution < 1.29 is 26.7 Å². The monoisotopic (exact) mass is 453 g/mol. The summed E-state index contributed by atoms with van der Waals surface area (Å²) in [4.78, 5) is 23.9. The Morgan fingerprint density at radius 1 is 1.16 bits per heavy atom. The number of rotatable bonds is 5. The number of ether oxygens (including phenoxy) is 1. The highest BCUT2D eigenvalue weighted by Crippen LogP contribution is 2.21. The Kier molecular flexibility index (Phi) is 6.12. The smallest absolute Gasteiger partial charge is 0.246 e. The molecule has 1 aromatic heterocycles. The van der Waals surface area contributed by atoms with E-state index in [0.29, 0.717) is 50.9 Å². The van der Waals surface area contributed by atoms with Gasteiger partial charge < -0.3 is 14.5 Å². The zero-order chi connectivity index (χ0) is 22.0. The van der Waals surface area contributed by atoms with E-state index >= 15 is 0 Å². The molecule has 2 aromatic rings. The molecule has 166 valence electrons. The van der Waals surface area contributed by atoms with Crippen molar-refractivity contribution in [3.63, 3.8) is 0 Å². The van der Waals surface area contributed by atoms with Crippen LogP contribution in [0, 0.1) is 11.6 Å². The SMILES string of the molecule is O=C(CNS(=O)(=O)c1c(F)cccc1F)N1CCc2cnc(N3CCOCC3)nc2C1. The Morgan fingerprint density at radius 2 is 1.87 bits per heavy atom. The summed E-state index contributed by atoms with van der Waals surface area (Å²) in [6, 6.07) is 2.74. The minimum Gasteiger partial charge on any atom is -0.378 e. The lowest BCUT2D eigenvalue weighted by atomic mass is 10.1. The molecule has 0 atom stereocenters. The lowest BCUT2D eigenvalue weighted by Gasteiger charge is -2.30. The van der Waals surface area contributed by atoms with Crippen LogP contribution in [0.4, 0.5) is 14.7 Å². The fourth-order valence-corrected chi connectivity index (χ4v) is 4.61. The van der Waals surface area contributed by atoms with Crippen LogP contribution in [0.5, 0.6) is 0 Å². The highest BCUT2D eigenvalue weighted by molar-refractivity contribution is 7.89. The maximum absolute atomic E-state index is 13.8. The minimum atomic E-state index is -4.53. The van der Waals surface area contributed by atoms with Crippen LogP contribution in [0.2, 0.25) is 0 Å². The molecular formula is C19H21F2N5O4S. The van der Waals surface area contributed by atoms with Gasteiger partial charge in [0.1, 0.15) is 11.6 Å². The molecule has 0 saturated carbocycles. The van der Waals surface area contributed by atoms with Crippen molar-refractivity contribution in [2.75, 3.05) is 44.3 Å². The predicted molar refractivity (Wildman–Crippen MR) is 106 cm³/mol. The summed E-state index contributed by atoms with van der Waals surface area (Å²) >= 11 is 0. The summed E-state index contributed by atoms with van der Waals surface area (Å²) in [5.74, 6) is -2.40.